The zero-order chi connectivity index (χ0) is 32.6. The maximum absolute atomic E-state index is 5.19. The molecule has 0 unspecified atom stereocenters. The molecule has 1 heterocycles. The fourth-order valence-corrected chi connectivity index (χ4v) is 7.10. The van der Waals surface area contributed by atoms with Gasteiger partial charge in [-0.25, -0.2) is 4.98 Å². The second-order valence-corrected chi connectivity index (χ2v) is 14.6. The lowest BCUT2D eigenvalue weighted by atomic mass is 10.0. The predicted molar refractivity (Wildman–Crippen MR) is 205 cm³/mol. The first kappa shape index (κ1) is 40.6. The largest absolute Gasteiger partial charge is 0.335 e. The highest BCUT2D eigenvalue weighted by molar-refractivity contribution is 5.15. The first-order valence-corrected chi connectivity index (χ1v) is 20.9. The number of benzene rings is 1. The van der Waals surface area contributed by atoms with E-state index >= 15 is 0 Å². The summed E-state index contributed by atoms with van der Waals surface area (Å²) in [6.07, 6.45) is 46.9. The van der Waals surface area contributed by atoms with Crippen molar-refractivity contribution in [2.24, 2.45) is 0 Å². The summed E-state index contributed by atoms with van der Waals surface area (Å²) >= 11 is 0. The van der Waals surface area contributed by atoms with Crippen molar-refractivity contribution in [1.82, 2.24) is 9.55 Å². The summed E-state index contributed by atoms with van der Waals surface area (Å²) in [5, 5.41) is 0. The number of hydrogen-bond acceptors (Lipinski definition) is 1. The molecule has 1 aromatic heterocycles. The van der Waals surface area contributed by atoms with Gasteiger partial charge in [0.05, 0.1) is 5.69 Å². The Hall–Kier alpha value is -1.57. The zero-order valence-electron chi connectivity index (χ0n) is 31.2. The summed E-state index contributed by atoms with van der Waals surface area (Å²) in [6.45, 7) is 5.78. The predicted octanol–water partition coefficient (Wildman–Crippen LogP) is 14.6. The van der Waals surface area contributed by atoms with Crippen LogP contribution in [0.4, 0.5) is 0 Å². The van der Waals surface area contributed by atoms with Crippen LogP contribution in [0.25, 0.3) is 0 Å². The Morgan fingerprint density at radius 1 is 0.413 bits per heavy atom. The monoisotopic (exact) mass is 635 g/mol. The molecule has 0 radical (unpaired) electrons. The molecule has 2 heteroatoms. The van der Waals surface area contributed by atoms with Gasteiger partial charge in [-0.1, -0.05) is 211 Å². The van der Waals surface area contributed by atoms with Crippen LogP contribution < -0.4 is 0 Å². The van der Waals surface area contributed by atoms with Crippen LogP contribution in [0.1, 0.15) is 217 Å². The summed E-state index contributed by atoms with van der Waals surface area (Å²) < 4.78 is 2.54. The third-order valence-corrected chi connectivity index (χ3v) is 10.2. The maximum atomic E-state index is 5.19. The molecule has 0 fully saturated rings. The highest BCUT2D eigenvalue weighted by Gasteiger charge is 2.09. The number of nitrogens with zero attached hydrogens (tertiary/aromatic N) is 2. The minimum atomic E-state index is 1.10. The second kappa shape index (κ2) is 30.7. The lowest BCUT2D eigenvalue weighted by Gasteiger charge is -2.08. The summed E-state index contributed by atoms with van der Waals surface area (Å²) in [5.74, 6) is 1.36. The van der Waals surface area contributed by atoms with E-state index in [4.69, 9.17) is 4.98 Å². The van der Waals surface area contributed by atoms with Crippen LogP contribution in [-0.2, 0) is 25.8 Å². The van der Waals surface area contributed by atoms with E-state index in [1.165, 1.54) is 203 Å². The normalized spacial score (nSPS) is 11.5. The first-order valence-electron chi connectivity index (χ1n) is 20.9. The van der Waals surface area contributed by atoms with E-state index in [2.05, 4.69) is 54.9 Å². The molecular formula is C44H78N2. The van der Waals surface area contributed by atoms with Gasteiger partial charge < -0.3 is 4.57 Å². The minimum absolute atomic E-state index is 1.10. The number of aryl methyl sites for hydroxylation is 4. The molecule has 0 aliphatic carbocycles. The van der Waals surface area contributed by atoms with Crippen LogP contribution in [0, 0.1) is 0 Å². The van der Waals surface area contributed by atoms with Crippen molar-refractivity contribution in [2.75, 3.05) is 0 Å². The third-order valence-electron chi connectivity index (χ3n) is 10.2. The van der Waals surface area contributed by atoms with Crippen molar-refractivity contribution >= 4 is 0 Å². The molecule has 0 spiro atoms. The Balaban J connectivity index is 1.58. The van der Waals surface area contributed by atoms with Gasteiger partial charge in [0.1, 0.15) is 5.82 Å². The van der Waals surface area contributed by atoms with Gasteiger partial charge in [0.25, 0.3) is 0 Å². The van der Waals surface area contributed by atoms with Gasteiger partial charge in [-0.15, -0.1) is 0 Å². The van der Waals surface area contributed by atoms with Crippen LogP contribution in [0.15, 0.2) is 36.5 Å². The summed E-state index contributed by atoms with van der Waals surface area (Å²) in [5.41, 5.74) is 2.77. The lowest BCUT2D eigenvalue weighted by Crippen LogP contribution is -2.03. The molecule has 264 valence electrons. The number of unbranched alkanes of at least 4 members (excludes halogenated alkanes) is 26. The molecule has 0 aliphatic heterocycles. The highest BCUT2D eigenvalue weighted by atomic mass is 15.1. The molecule has 46 heavy (non-hydrogen) atoms. The van der Waals surface area contributed by atoms with Crippen LogP contribution in [0.5, 0.6) is 0 Å². The van der Waals surface area contributed by atoms with Crippen molar-refractivity contribution < 1.29 is 0 Å². The number of rotatable bonds is 34. The molecule has 0 bridgehead atoms. The summed E-state index contributed by atoms with van der Waals surface area (Å²) in [6, 6.07) is 11.0. The lowest BCUT2D eigenvalue weighted by molar-refractivity contribution is 0.514. The average molecular weight is 635 g/mol. The van der Waals surface area contributed by atoms with Gasteiger partial charge in [0, 0.05) is 19.2 Å². The van der Waals surface area contributed by atoms with E-state index in [9.17, 15) is 0 Å². The summed E-state index contributed by atoms with van der Waals surface area (Å²) in [7, 11) is 0. The van der Waals surface area contributed by atoms with Gasteiger partial charge in [-0.2, -0.15) is 0 Å². The quantitative estimate of drug-likeness (QED) is 0.0700. The number of aromatic nitrogens is 2. The van der Waals surface area contributed by atoms with E-state index in [1.54, 1.807) is 0 Å². The van der Waals surface area contributed by atoms with Crippen LogP contribution in [0.3, 0.4) is 0 Å². The van der Waals surface area contributed by atoms with Crippen molar-refractivity contribution in [3.05, 3.63) is 53.6 Å². The Morgan fingerprint density at radius 3 is 1.28 bits per heavy atom. The van der Waals surface area contributed by atoms with E-state index in [0.717, 1.165) is 25.8 Å². The van der Waals surface area contributed by atoms with Crippen LogP contribution >= 0.6 is 0 Å². The van der Waals surface area contributed by atoms with Crippen LogP contribution in [0.2, 0.25) is 0 Å². The van der Waals surface area contributed by atoms with Gasteiger partial charge in [0.2, 0.25) is 0 Å². The molecule has 0 saturated heterocycles. The van der Waals surface area contributed by atoms with Crippen molar-refractivity contribution in [3.8, 4) is 0 Å². The molecular weight excluding hydrogens is 556 g/mol. The molecule has 0 aliphatic rings. The van der Waals surface area contributed by atoms with E-state index in [-0.39, 0.29) is 0 Å². The zero-order valence-corrected chi connectivity index (χ0v) is 31.2. The van der Waals surface area contributed by atoms with E-state index in [1.807, 2.05) is 0 Å². The SMILES string of the molecule is CCCCCCCCCCCCCCCCCn1cc(CCCc2ccccc2)nc1CCCCCCCCCCCCCCC. The number of hydrogen-bond donors (Lipinski definition) is 0. The van der Waals surface area contributed by atoms with Gasteiger partial charge in [0.15, 0.2) is 0 Å². The van der Waals surface area contributed by atoms with Gasteiger partial charge in [-0.3, -0.25) is 0 Å². The van der Waals surface area contributed by atoms with Crippen LogP contribution in [-0.4, -0.2) is 9.55 Å². The Morgan fingerprint density at radius 2 is 0.826 bits per heavy atom. The number of imidazole rings is 1. The van der Waals surface area contributed by atoms with Gasteiger partial charge >= 0.3 is 0 Å². The first-order chi connectivity index (χ1) is 22.8. The maximum Gasteiger partial charge on any atom is 0.108 e. The fourth-order valence-electron chi connectivity index (χ4n) is 7.10. The Labute approximate surface area is 288 Å². The third kappa shape index (κ3) is 22.9. The van der Waals surface area contributed by atoms with Crippen molar-refractivity contribution in [3.63, 3.8) is 0 Å². The molecule has 0 saturated carbocycles. The van der Waals surface area contributed by atoms with Crippen molar-refractivity contribution in [1.29, 1.82) is 0 Å². The minimum Gasteiger partial charge on any atom is -0.335 e. The van der Waals surface area contributed by atoms with Crippen molar-refractivity contribution in [2.45, 2.75) is 226 Å². The topological polar surface area (TPSA) is 17.8 Å². The molecule has 2 nitrogen and oxygen atoms in total. The molecule has 2 rings (SSSR count). The standard InChI is InChI=1S/C44H78N2/c1-3-5-7-9-11-13-15-17-18-20-22-24-26-28-33-40-46-41-43(38-34-37-42-35-30-29-31-36-42)45-44(46)39-32-27-25-23-21-19-16-14-12-10-8-6-4-2/h29-31,35-36,41H,3-28,32-34,37-40H2,1-2H3. The Bertz CT molecular complexity index is 885. The molecule has 0 amide bonds. The molecule has 2 aromatic rings. The fraction of sp³-hybridized carbons (Fsp3) is 0.795. The smallest absolute Gasteiger partial charge is 0.108 e. The highest BCUT2D eigenvalue weighted by Crippen LogP contribution is 2.17. The summed E-state index contributed by atoms with van der Waals surface area (Å²) in [4.78, 5) is 5.19. The molecule has 0 N–H and O–H groups in total. The Kier molecular flexibility index (Phi) is 27.1. The average Bonchev–Trinajstić information content (AvgIpc) is 3.46. The molecule has 0 atom stereocenters. The van der Waals surface area contributed by atoms with Gasteiger partial charge in [-0.05, 0) is 37.7 Å². The second-order valence-electron chi connectivity index (χ2n) is 14.6. The van der Waals surface area contributed by atoms with E-state index in [0.29, 0.717) is 0 Å². The van der Waals surface area contributed by atoms with E-state index < -0.39 is 0 Å². The molecule has 1 aromatic carbocycles.